The maximum Gasteiger partial charge on any atom is 0.273 e. The number of sulfonamides is 1. The van der Waals surface area contributed by atoms with Crippen LogP contribution < -0.4 is 4.72 Å². The molecule has 0 atom stereocenters. The second-order valence-electron chi connectivity index (χ2n) is 4.29. The Bertz CT molecular complexity index is 888. The minimum absolute atomic E-state index is 0.0353. The fourth-order valence-corrected chi connectivity index (χ4v) is 4.56. The molecule has 0 aliphatic carbocycles. The van der Waals surface area contributed by atoms with Gasteiger partial charge in [0.05, 0.1) is 16.8 Å². The highest BCUT2D eigenvalue weighted by Crippen LogP contribution is 2.27. The van der Waals surface area contributed by atoms with Crippen LogP contribution in [-0.2, 0) is 19.9 Å². The summed E-state index contributed by atoms with van der Waals surface area (Å²) in [5, 5.41) is 0. The zero-order valence-electron chi connectivity index (χ0n) is 11.0. The van der Waals surface area contributed by atoms with Crippen molar-refractivity contribution in [3.8, 4) is 0 Å². The summed E-state index contributed by atoms with van der Waals surface area (Å²) >= 11 is 6.44. The van der Waals surface area contributed by atoms with Gasteiger partial charge in [-0.1, -0.05) is 29.0 Å². The second-order valence-corrected chi connectivity index (χ2v) is 9.82. The molecular weight excluding hydrogens is 356 g/mol. The Morgan fingerprint density at radius 3 is 2.43 bits per heavy atom. The third-order valence-electron chi connectivity index (χ3n) is 2.60. The molecular formula is C11H11ClN2O4S3. The van der Waals surface area contributed by atoms with Gasteiger partial charge in [0.1, 0.15) is 0 Å². The van der Waals surface area contributed by atoms with Gasteiger partial charge in [0.15, 0.2) is 18.5 Å². The number of nitrogens with zero attached hydrogens (tertiary/aromatic N) is 1. The number of hydrogen-bond acceptors (Lipinski definition) is 6. The minimum atomic E-state index is -3.85. The van der Waals surface area contributed by atoms with Gasteiger partial charge in [0.2, 0.25) is 0 Å². The Morgan fingerprint density at radius 1 is 1.24 bits per heavy atom. The average Bonchev–Trinajstić information content (AvgIpc) is 2.78. The highest BCUT2D eigenvalue weighted by atomic mass is 35.5. The summed E-state index contributed by atoms with van der Waals surface area (Å²) in [4.78, 5) is 3.71. The summed E-state index contributed by atoms with van der Waals surface area (Å²) in [5.41, 5.74) is 0.795. The summed E-state index contributed by atoms with van der Waals surface area (Å²) in [5.74, 6) is 0. The normalized spacial score (nSPS) is 12.3. The molecule has 0 fully saturated rings. The van der Waals surface area contributed by atoms with Gasteiger partial charge in [-0.3, -0.25) is 4.72 Å². The fraction of sp³-hybridized carbons (Fsp3) is 0.182. The van der Waals surface area contributed by atoms with Gasteiger partial charge >= 0.3 is 0 Å². The summed E-state index contributed by atoms with van der Waals surface area (Å²) in [6.45, 7) is 1.67. The number of thiazole rings is 1. The molecule has 0 amide bonds. The molecule has 0 radical (unpaired) electrons. The van der Waals surface area contributed by atoms with E-state index < -0.39 is 19.9 Å². The van der Waals surface area contributed by atoms with Crippen LogP contribution in [0.25, 0.3) is 0 Å². The molecule has 1 aromatic carbocycles. The first-order valence-corrected chi connectivity index (χ1v) is 10.1. The molecule has 21 heavy (non-hydrogen) atoms. The van der Waals surface area contributed by atoms with Crippen molar-refractivity contribution in [3.63, 3.8) is 0 Å². The van der Waals surface area contributed by atoms with Crippen molar-refractivity contribution < 1.29 is 16.8 Å². The largest absolute Gasteiger partial charge is 0.279 e. The van der Waals surface area contributed by atoms with Crippen molar-refractivity contribution in [2.24, 2.45) is 0 Å². The zero-order valence-corrected chi connectivity index (χ0v) is 14.2. The van der Waals surface area contributed by atoms with E-state index in [2.05, 4.69) is 9.71 Å². The molecule has 114 valence electrons. The molecule has 0 aliphatic rings. The van der Waals surface area contributed by atoms with E-state index in [4.69, 9.17) is 11.6 Å². The van der Waals surface area contributed by atoms with E-state index in [0.29, 0.717) is 5.56 Å². The number of sulfone groups is 1. The summed E-state index contributed by atoms with van der Waals surface area (Å²) in [7, 11) is -7.27. The van der Waals surface area contributed by atoms with E-state index in [-0.39, 0.29) is 19.3 Å². The van der Waals surface area contributed by atoms with E-state index in [0.717, 1.165) is 23.8 Å². The molecule has 1 N–H and O–H groups in total. The molecule has 0 saturated carbocycles. The zero-order chi connectivity index (χ0) is 15.8. The molecule has 1 aromatic heterocycles. The van der Waals surface area contributed by atoms with Crippen molar-refractivity contribution in [1.29, 1.82) is 0 Å². The number of nitrogens with one attached hydrogen (secondary N) is 1. The van der Waals surface area contributed by atoms with Crippen molar-refractivity contribution in [2.45, 2.75) is 16.0 Å². The van der Waals surface area contributed by atoms with Crippen LogP contribution in [0.5, 0.6) is 0 Å². The number of rotatable bonds is 4. The molecule has 1 heterocycles. The highest BCUT2D eigenvalue weighted by Gasteiger charge is 2.19. The fourth-order valence-electron chi connectivity index (χ4n) is 1.50. The average molecular weight is 367 g/mol. The predicted octanol–water partition coefficient (Wildman–Crippen LogP) is 2.31. The lowest BCUT2D eigenvalue weighted by Crippen LogP contribution is -2.13. The number of aromatic nitrogens is 1. The Kier molecular flexibility index (Phi) is 4.29. The highest BCUT2D eigenvalue weighted by molar-refractivity contribution is 7.94. The molecule has 0 spiro atoms. The smallest absolute Gasteiger partial charge is 0.273 e. The molecule has 0 bridgehead atoms. The molecule has 6 nitrogen and oxygen atoms in total. The number of halogens is 1. The van der Waals surface area contributed by atoms with Crippen LogP contribution in [0, 0.1) is 6.92 Å². The maximum absolute atomic E-state index is 12.2. The predicted molar refractivity (Wildman–Crippen MR) is 82.2 cm³/mol. The SMILES string of the molecule is Cc1ccc(S(C)(=O)=O)cc1NS(=O)(=O)c1cnc(Cl)s1. The van der Waals surface area contributed by atoms with Gasteiger partial charge in [0, 0.05) is 6.26 Å². The molecule has 10 heteroatoms. The number of benzene rings is 1. The van der Waals surface area contributed by atoms with Gasteiger partial charge < -0.3 is 0 Å². The van der Waals surface area contributed by atoms with Crippen molar-refractivity contribution in [3.05, 3.63) is 34.4 Å². The maximum atomic E-state index is 12.2. The second kappa shape index (κ2) is 5.56. The van der Waals surface area contributed by atoms with Crippen LogP contribution in [-0.4, -0.2) is 28.1 Å². The van der Waals surface area contributed by atoms with Crippen molar-refractivity contribution in [1.82, 2.24) is 4.98 Å². The van der Waals surface area contributed by atoms with Gasteiger partial charge in [-0.25, -0.2) is 21.8 Å². The molecule has 2 aromatic rings. The number of anilines is 1. The lowest BCUT2D eigenvalue weighted by atomic mass is 10.2. The summed E-state index contributed by atoms with van der Waals surface area (Å²) < 4.78 is 49.8. The Hall–Kier alpha value is -1.16. The lowest BCUT2D eigenvalue weighted by Gasteiger charge is -2.10. The van der Waals surface area contributed by atoms with Gasteiger partial charge in [-0.2, -0.15) is 0 Å². The minimum Gasteiger partial charge on any atom is -0.279 e. The molecule has 2 rings (SSSR count). The Morgan fingerprint density at radius 2 is 1.90 bits per heavy atom. The third-order valence-corrected chi connectivity index (χ3v) is 6.65. The van der Waals surface area contributed by atoms with Crippen LogP contribution in [0.4, 0.5) is 5.69 Å². The first-order chi connectivity index (χ1) is 9.59. The first-order valence-electron chi connectivity index (χ1n) is 5.54. The Balaban J connectivity index is 2.44. The van der Waals surface area contributed by atoms with E-state index >= 15 is 0 Å². The number of aryl methyl sites for hydroxylation is 1. The van der Waals surface area contributed by atoms with E-state index in [1.807, 2.05) is 0 Å². The van der Waals surface area contributed by atoms with Crippen LogP contribution in [0.1, 0.15) is 5.56 Å². The van der Waals surface area contributed by atoms with Crippen molar-refractivity contribution >= 4 is 48.5 Å². The molecule has 0 saturated heterocycles. The standard InChI is InChI=1S/C11H11ClN2O4S3/c1-7-3-4-8(20(2,15)16)5-9(7)14-21(17,18)10-6-13-11(12)19-10/h3-6,14H,1-2H3. The quantitative estimate of drug-likeness (QED) is 0.896. The van der Waals surface area contributed by atoms with Crippen LogP contribution in [0.2, 0.25) is 4.47 Å². The molecule has 0 unspecified atom stereocenters. The van der Waals surface area contributed by atoms with Crippen LogP contribution in [0.3, 0.4) is 0 Å². The Labute approximate surface area is 131 Å². The van der Waals surface area contributed by atoms with Crippen LogP contribution in [0.15, 0.2) is 33.5 Å². The monoisotopic (exact) mass is 366 g/mol. The summed E-state index contributed by atoms with van der Waals surface area (Å²) in [6.07, 6.45) is 2.20. The first kappa shape index (κ1) is 16.2. The summed E-state index contributed by atoms with van der Waals surface area (Å²) in [6, 6.07) is 4.24. The number of hydrogen-bond donors (Lipinski definition) is 1. The van der Waals surface area contributed by atoms with Gasteiger partial charge in [-0.05, 0) is 24.6 Å². The van der Waals surface area contributed by atoms with Gasteiger partial charge in [-0.15, -0.1) is 0 Å². The van der Waals surface area contributed by atoms with Crippen molar-refractivity contribution in [2.75, 3.05) is 11.0 Å². The lowest BCUT2D eigenvalue weighted by molar-refractivity contribution is 0.599. The third kappa shape index (κ3) is 3.73. The van der Waals surface area contributed by atoms with E-state index in [1.165, 1.54) is 18.2 Å². The molecule has 0 aliphatic heterocycles. The van der Waals surface area contributed by atoms with E-state index in [1.54, 1.807) is 6.92 Å². The van der Waals surface area contributed by atoms with Crippen LogP contribution >= 0.6 is 22.9 Å². The van der Waals surface area contributed by atoms with Gasteiger partial charge in [0.25, 0.3) is 10.0 Å². The van der Waals surface area contributed by atoms with E-state index in [9.17, 15) is 16.8 Å². The topological polar surface area (TPSA) is 93.2 Å².